The Kier molecular flexibility index (Phi) is 5.13. The van der Waals surface area contributed by atoms with E-state index in [1.807, 2.05) is 6.92 Å². The SMILES string of the molecule is Cc1ccc(-n2nc(C)c3c(C(F)(F)F)cc(=O)n(Cc4ccc(F)cc4Cl)c32)cc1. The summed E-state index contributed by atoms with van der Waals surface area (Å²) in [6.45, 7) is 3.19. The number of aryl methyl sites for hydroxylation is 2. The van der Waals surface area contributed by atoms with Gasteiger partial charge in [0.1, 0.15) is 11.5 Å². The Balaban J connectivity index is 2.06. The van der Waals surface area contributed by atoms with E-state index >= 15 is 0 Å². The monoisotopic (exact) mass is 449 g/mol. The molecule has 2 aromatic carbocycles. The molecule has 0 radical (unpaired) electrons. The van der Waals surface area contributed by atoms with Gasteiger partial charge in [-0.2, -0.15) is 18.3 Å². The van der Waals surface area contributed by atoms with Crippen LogP contribution in [-0.2, 0) is 12.7 Å². The molecule has 0 fully saturated rings. The summed E-state index contributed by atoms with van der Waals surface area (Å²) in [5.74, 6) is -0.556. The summed E-state index contributed by atoms with van der Waals surface area (Å²) < 4.78 is 57.2. The van der Waals surface area contributed by atoms with Crippen LogP contribution in [0.4, 0.5) is 17.6 Å². The van der Waals surface area contributed by atoms with E-state index in [2.05, 4.69) is 5.10 Å². The van der Waals surface area contributed by atoms with E-state index in [0.717, 1.165) is 11.6 Å². The van der Waals surface area contributed by atoms with E-state index in [9.17, 15) is 22.4 Å². The number of pyridine rings is 1. The van der Waals surface area contributed by atoms with Crippen LogP contribution < -0.4 is 5.56 Å². The van der Waals surface area contributed by atoms with Crippen LogP contribution in [-0.4, -0.2) is 14.3 Å². The average molecular weight is 450 g/mol. The average Bonchev–Trinajstić information content (AvgIpc) is 3.02. The standard InChI is InChI=1S/C22H16ClF4N3O/c1-12-3-7-16(8-4-12)30-21-20(13(2)28-30)17(22(25,26)27)10-19(31)29(21)11-14-5-6-15(24)9-18(14)23/h3-10H,11H2,1-2H3. The molecule has 160 valence electrons. The summed E-state index contributed by atoms with van der Waals surface area (Å²) in [5, 5.41) is 4.20. The first-order chi connectivity index (χ1) is 14.6. The van der Waals surface area contributed by atoms with Crippen molar-refractivity contribution < 1.29 is 17.6 Å². The van der Waals surface area contributed by atoms with Crippen LogP contribution in [0.3, 0.4) is 0 Å². The predicted octanol–water partition coefficient (Wildman–Crippen LogP) is 5.66. The molecule has 0 spiro atoms. The zero-order valence-electron chi connectivity index (χ0n) is 16.5. The summed E-state index contributed by atoms with van der Waals surface area (Å²) in [6, 6.07) is 11.2. The number of benzene rings is 2. The first-order valence-corrected chi connectivity index (χ1v) is 9.65. The number of halogens is 5. The summed E-state index contributed by atoms with van der Waals surface area (Å²) in [4.78, 5) is 12.8. The molecule has 0 aliphatic rings. The molecule has 0 aliphatic heterocycles. The summed E-state index contributed by atoms with van der Waals surface area (Å²) in [7, 11) is 0. The van der Waals surface area contributed by atoms with Gasteiger partial charge in [0.15, 0.2) is 0 Å². The smallest absolute Gasteiger partial charge is 0.288 e. The van der Waals surface area contributed by atoms with E-state index in [0.29, 0.717) is 17.3 Å². The van der Waals surface area contributed by atoms with Gasteiger partial charge >= 0.3 is 6.18 Å². The third-order valence-electron chi connectivity index (χ3n) is 5.02. The molecule has 4 rings (SSSR count). The van der Waals surface area contributed by atoms with Gasteiger partial charge in [-0.3, -0.25) is 9.36 Å². The molecule has 0 unspecified atom stereocenters. The van der Waals surface area contributed by atoms with Crippen molar-refractivity contribution in [2.75, 3.05) is 0 Å². The molecule has 4 aromatic rings. The first-order valence-electron chi connectivity index (χ1n) is 9.27. The molecule has 0 amide bonds. The molecule has 2 aromatic heterocycles. The van der Waals surface area contributed by atoms with E-state index in [1.165, 1.54) is 28.3 Å². The summed E-state index contributed by atoms with van der Waals surface area (Å²) in [5.41, 5.74) is 0.0482. The van der Waals surface area contributed by atoms with E-state index in [-0.39, 0.29) is 28.3 Å². The molecule has 0 saturated carbocycles. The van der Waals surface area contributed by atoms with Gasteiger partial charge in [-0.05, 0) is 43.7 Å². The van der Waals surface area contributed by atoms with Crippen LogP contribution in [0.5, 0.6) is 0 Å². The highest BCUT2D eigenvalue weighted by Gasteiger charge is 2.36. The molecule has 0 saturated heterocycles. The lowest BCUT2D eigenvalue weighted by Crippen LogP contribution is -2.25. The highest BCUT2D eigenvalue weighted by atomic mass is 35.5. The fraction of sp³-hybridized carbons (Fsp3) is 0.182. The van der Waals surface area contributed by atoms with Gasteiger partial charge in [0.05, 0.1) is 28.9 Å². The third kappa shape index (κ3) is 3.83. The Bertz CT molecular complexity index is 1350. The van der Waals surface area contributed by atoms with Gasteiger partial charge in [0.2, 0.25) is 0 Å². The largest absolute Gasteiger partial charge is 0.417 e. The molecular formula is C22H16ClF4N3O. The molecule has 0 aliphatic carbocycles. The second kappa shape index (κ2) is 7.53. The number of hydrogen-bond acceptors (Lipinski definition) is 2. The fourth-order valence-electron chi connectivity index (χ4n) is 3.52. The number of hydrogen-bond donors (Lipinski definition) is 0. The van der Waals surface area contributed by atoms with Crippen LogP contribution in [0.2, 0.25) is 5.02 Å². The van der Waals surface area contributed by atoms with Gasteiger partial charge < -0.3 is 0 Å². The number of rotatable bonds is 3. The topological polar surface area (TPSA) is 39.8 Å². The predicted molar refractivity (Wildman–Crippen MR) is 110 cm³/mol. The molecule has 4 nitrogen and oxygen atoms in total. The molecular weight excluding hydrogens is 434 g/mol. The van der Waals surface area contributed by atoms with Gasteiger partial charge in [0, 0.05) is 11.1 Å². The van der Waals surface area contributed by atoms with Gasteiger partial charge in [-0.25, -0.2) is 9.07 Å². The second-order valence-corrected chi connectivity index (χ2v) is 7.65. The summed E-state index contributed by atoms with van der Waals surface area (Å²) >= 11 is 6.11. The minimum atomic E-state index is -4.74. The fourth-order valence-corrected chi connectivity index (χ4v) is 3.75. The molecule has 9 heteroatoms. The quantitative estimate of drug-likeness (QED) is 0.378. The van der Waals surface area contributed by atoms with Crippen molar-refractivity contribution in [2.45, 2.75) is 26.6 Å². The van der Waals surface area contributed by atoms with Crippen LogP contribution in [0, 0.1) is 19.7 Å². The molecule has 0 N–H and O–H groups in total. The normalized spacial score (nSPS) is 12.0. The number of fused-ring (bicyclic) bond motifs is 1. The number of nitrogens with zero attached hydrogens (tertiary/aromatic N) is 3. The maximum Gasteiger partial charge on any atom is 0.417 e. The van der Waals surface area contributed by atoms with Crippen molar-refractivity contribution in [3.63, 3.8) is 0 Å². The zero-order chi connectivity index (χ0) is 22.5. The Labute approximate surface area is 179 Å². The second-order valence-electron chi connectivity index (χ2n) is 7.25. The molecule has 2 heterocycles. The van der Waals surface area contributed by atoms with Crippen LogP contribution >= 0.6 is 11.6 Å². The zero-order valence-corrected chi connectivity index (χ0v) is 17.2. The Morgan fingerprint density at radius 2 is 1.71 bits per heavy atom. The Morgan fingerprint density at radius 3 is 2.32 bits per heavy atom. The van der Waals surface area contributed by atoms with Crippen molar-refractivity contribution in [3.8, 4) is 5.69 Å². The molecule has 0 atom stereocenters. The molecule has 31 heavy (non-hydrogen) atoms. The van der Waals surface area contributed by atoms with E-state index in [4.69, 9.17) is 11.6 Å². The van der Waals surface area contributed by atoms with Crippen molar-refractivity contribution in [1.29, 1.82) is 0 Å². The maximum absolute atomic E-state index is 13.8. The van der Waals surface area contributed by atoms with E-state index < -0.39 is 23.1 Å². The van der Waals surface area contributed by atoms with E-state index in [1.54, 1.807) is 24.3 Å². The van der Waals surface area contributed by atoms with Crippen LogP contribution in [0.25, 0.3) is 16.7 Å². The highest BCUT2D eigenvalue weighted by molar-refractivity contribution is 6.31. The third-order valence-corrected chi connectivity index (χ3v) is 5.37. The number of alkyl halides is 3. The summed E-state index contributed by atoms with van der Waals surface area (Å²) in [6.07, 6.45) is -4.74. The lowest BCUT2D eigenvalue weighted by atomic mass is 10.1. The Hall–Kier alpha value is -3.13. The van der Waals surface area contributed by atoms with Crippen molar-refractivity contribution in [3.05, 3.63) is 92.1 Å². The highest BCUT2D eigenvalue weighted by Crippen LogP contribution is 2.36. The van der Waals surface area contributed by atoms with Gasteiger partial charge in [0.25, 0.3) is 5.56 Å². The maximum atomic E-state index is 13.8. The van der Waals surface area contributed by atoms with Gasteiger partial charge in [-0.1, -0.05) is 35.4 Å². The van der Waals surface area contributed by atoms with Crippen LogP contribution in [0.1, 0.15) is 22.4 Å². The van der Waals surface area contributed by atoms with Crippen molar-refractivity contribution in [2.24, 2.45) is 0 Å². The Morgan fingerprint density at radius 1 is 1.03 bits per heavy atom. The lowest BCUT2D eigenvalue weighted by molar-refractivity contribution is -0.136. The molecule has 0 bridgehead atoms. The minimum Gasteiger partial charge on any atom is -0.288 e. The lowest BCUT2D eigenvalue weighted by Gasteiger charge is -2.15. The van der Waals surface area contributed by atoms with Gasteiger partial charge in [-0.15, -0.1) is 0 Å². The van der Waals surface area contributed by atoms with Crippen molar-refractivity contribution in [1.82, 2.24) is 14.3 Å². The van der Waals surface area contributed by atoms with Crippen molar-refractivity contribution >= 4 is 22.6 Å². The minimum absolute atomic E-state index is 0.0124. The van der Waals surface area contributed by atoms with Crippen LogP contribution in [0.15, 0.2) is 53.3 Å². The first kappa shape index (κ1) is 21.1. The number of aromatic nitrogens is 3.